The molecule has 84 valence electrons. The molecular formula is C9H18BF3KN. The van der Waals surface area contributed by atoms with Crippen LogP contribution in [0.3, 0.4) is 0 Å². The van der Waals surface area contributed by atoms with Gasteiger partial charge in [0.25, 0.3) is 0 Å². The first-order chi connectivity index (χ1) is 6.51. The molecule has 1 nitrogen and oxygen atoms in total. The predicted octanol–water partition coefficient (Wildman–Crippen LogP) is -0.111. The van der Waals surface area contributed by atoms with Gasteiger partial charge in [0.05, 0.1) is 0 Å². The number of rotatable bonds is 4. The Bertz CT molecular complexity index is 169. The van der Waals surface area contributed by atoms with E-state index in [0.29, 0.717) is 19.0 Å². The Hall–Kier alpha value is 1.45. The average Bonchev–Trinajstić information content (AvgIpc) is 2.06. The van der Waals surface area contributed by atoms with Gasteiger partial charge in [-0.3, -0.25) is 0 Å². The summed E-state index contributed by atoms with van der Waals surface area (Å²) in [5, 5.41) is 0. The number of hydrogen-bond donors (Lipinski definition) is 0. The molecule has 1 saturated heterocycles. The van der Waals surface area contributed by atoms with Gasteiger partial charge >= 0.3 is 58.4 Å². The molecule has 1 heterocycles. The molecule has 15 heavy (non-hydrogen) atoms. The van der Waals surface area contributed by atoms with E-state index in [2.05, 4.69) is 6.92 Å². The van der Waals surface area contributed by atoms with Gasteiger partial charge in [0.15, 0.2) is 0 Å². The van der Waals surface area contributed by atoms with Crippen LogP contribution in [-0.4, -0.2) is 31.4 Å². The molecule has 0 aromatic carbocycles. The van der Waals surface area contributed by atoms with Crippen molar-refractivity contribution in [3.05, 3.63) is 0 Å². The fourth-order valence-electron chi connectivity index (χ4n) is 2.16. The van der Waals surface area contributed by atoms with E-state index in [-0.39, 0.29) is 51.4 Å². The van der Waals surface area contributed by atoms with Gasteiger partial charge in [-0.15, -0.1) is 0 Å². The fourth-order valence-corrected chi connectivity index (χ4v) is 2.16. The summed E-state index contributed by atoms with van der Waals surface area (Å²) in [5.74, 6) is 0.664. The number of hydrogen-bond acceptors (Lipinski definition) is 1. The molecule has 0 radical (unpaired) electrons. The third kappa shape index (κ3) is 7.39. The Morgan fingerprint density at radius 2 is 1.73 bits per heavy atom. The first kappa shape index (κ1) is 16.5. The second-order valence-electron chi connectivity index (χ2n) is 4.24. The van der Waals surface area contributed by atoms with E-state index in [0.717, 1.165) is 19.3 Å². The Labute approximate surface area is 133 Å². The van der Waals surface area contributed by atoms with Gasteiger partial charge in [0, 0.05) is 0 Å². The van der Waals surface area contributed by atoms with Gasteiger partial charge in [-0.05, 0) is 38.3 Å². The molecular weight excluding hydrogens is 229 g/mol. The van der Waals surface area contributed by atoms with Crippen molar-refractivity contribution in [2.24, 2.45) is 5.92 Å². The van der Waals surface area contributed by atoms with Crippen LogP contribution in [0.2, 0.25) is 0 Å². The molecule has 0 aromatic rings. The van der Waals surface area contributed by atoms with Crippen molar-refractivity contribution in [1.82, 2.24) is 4.90 Å². The summed E-state index contributed by atoms with van der Waals surface area (Å²) < 4.78 is 36.3. The maximum atomic E-state index is 12.1. The summed E-state index contributed by atoms with van der Waals surface area (Å²) in [6.45, 7) is -1.24. The van der Waals surface area contributed by atoms with Crippen LogP contribution in [0.4, 0.5) is 12.9 Å². The molecule has 1 aliphatic heterocycles. The number of nitrogens with zero attached hydrogens (tertiary/aromatic N) is 1. The molecule has 0 saturated carbocycles. The monoisotopic (exact) mass is 247 g/mol. The Morgan fingerprint density at radius 1 is 1.20 bits per heavy atom. The van der Waals surface area contributed by atoms with E-state index in [9.17, 15) is 12.9 Å². The molecule has 1 fully saturated rings. The zero-order valence-corrected chi connectivity index (χ0v) is 12.8. The van der Waals surface area contributed by atoms with Gasteiger partial charge in [-0.2, -0.15) is 0 Å². The van der Waals surface area contributed by atoms with Crippen molar-refractivity contribution in [2.45, 2.75) is 32.6 Å². The molecule has 0 amide bonds. The predicted molar refractivity (Wildman–Crippen MR) is 53.2 cm³/mol. The molecule has 0 bridgehead atoms. The van der Waals surface area contributed by atoms with Gasteiger partial charge < -0.3 is 17.8 Å². The quantitative estimate of drug-likeness (QED) is 0.626. The van der Waals surface area contributed by atoms with E-state index in [4.69, 9.17) is 0 Å². The molecule has 0 aliphatic carbocycles. The van der Waals surface area contributed by atoms with Crippen LogP contribution in [0.25, 0.3) is 0 Å². The SMILES string of the molecule is CCCC1CCN(C[B-](F)(F)F)CC1.[K+]. The standard InChI is InChI=1S/C9H18BF3N.K/c1-2-3-9-4-6-14(7-5-9)8-10(11,12)13;/h9H,2-8H2,1H3;/q-1;+1. The minimum absolute atomic E-state index is 0. The summed E-state index contributed by atoms with van der Waals surface area (Å²) >= 11 is 0. The summed E-state index contributed by atoms with van der Waals surface area (Å²) in [6, 6.07) is 0. The zero-order valence-electron chi connectivity index (χ0n) is 9.69. The zero-order chi connectivity index (χ0) is 10.6. The maximum absolute atomic E-state index is 12.1. The average molecular weight is 247 g/mol. The molecule has 0 unspecified atom stereocenters. The van der Waals surface area contributed by atoms with Crippen LogP contribution in [0.15, 0.2) is 0 Å². The molecule has 0 aromatic heterocycles. The molecule has 1 rings (SSSR count). The molecule has 0 spiro atoms. The Morgan fingerprint density at radius 3 is 2.13 bits per heavy atom. The fraction of sp³-hybridized carbons (Fsp3) is 1.00. The first-order valence-electron chi connectivity index (χ1n) is 5.44. The van der Waals surface area contributed by atoms with E-state index < -0.39 is 13.4 Å². The van der Waals surface area contributed by atoms with Gasteiger partial charge in [-0.1, -0.05) is 19.8 Å². The third-order valence-electron chi connectivity index (χ3n) is 2.87. The van der Waals surface area contributed by atoms with Crippen molar-refractivity contribution >= 4 is 6.98 Å². The summed E-state index contributed by atoms with van der Waals surface area (Å²) in [4.78, 5) is 1.55. The van der Waals surface area contributed by atoms with Crippen molar-refractivity contribution in [3.8, 4) is 0 Å². The largest absolute Gasteiger partial charge is 1.00 e. The summed E-state index contributed by atoms with van der Waals surface area (Å²) in [5.41, 5.74) is 0. The van der Waals surface area contributed by atoms with Crippen LogP contribution in [0, 0.1) is 5.92 Å². The van der Waals surface area contributed by atoms with E-state index in [1.165, 1.54) is 6.42 Å². The van der Waals surface area contributed by atoms with Crippen LogP contribution in [-0.2, 0) is 0 Å². The molecule has 0 N–H and O–H groups in total. The van der Waals surface area contributed by atoms with Crippen LogP contribution < -0.4 is 51.4 Å². The smallest absolute Gasteiger partial charge is 0.448 e. The normalized spacial score (nSPS) is 20.0. The second kappa shape index (κ2) is 7.72. The van der Waals surface area contributed by atoms with Crippen molar-refractivity contribution in [1.29, 1.82) is 0 Å². The van der Waals surface area contributed by atoms with Crippen LogP contribution in [0.5, 0.6) is 0 Å². The molecule has 1 aliphatic rings. The van der Waals surface area contributed by atoms with Crippen molar-refractivity contribution in [3.63, 3.8) is 0 Å². The molecule has 0 atom stereocenters. The Balaban J connectivity index is 0.00000196. The Kier molecular flexibility index (Phi) is 8.46. The van der Waals surface area contributed by atoms with Crippen molar-refractivity contribution in [2.75, 3.05) is 19.5 Å². The minimum atomic E-state index is -4.63. The van der Waals surface area contributed by atoms with Crippen LogP contribution >= 0.6 is 0 Å². The maximum Gasteiger partial charge on any atom is 1.00 e. The summed E-state index contributed by atoms with van der Waals surface area (Å²) in [6.07, 6.45) is 3.54. The summed E-state index contributed by atoms with van der Waals surface area (Å²) in [7, 11) is 0. The first-order valence-corrected chi connectivity index (χ1v) is 5.44. The molecule has 6 heteroatoms. The number of halogens is 3. The van der Waals surface area contributed by atoms with Crippen molar-refractivity contribution < 1.29 is 64.3 Å². The second-order valence-corrected chi connectivity index (χ2v) is 4.24. The van der Waals surface area contributed by atoms with E-state index in [1.54, 1.807) is 4.90 Å². The van der Waals surface area contributed by atoms with E-state index >= 15 is 0 Å². The third-order valence-corrected chi connectivity index (χ3v) is 2.87. The topological polar surface area (TPSA) is 3.24 Å². The number of piperidine rings is 1. The minimum Gasteiger partial charge on any atom is -0.448 e. The number of likely N-dealkylation sites (tertiary alicyclic amines) is 1. The van der Waals surface area contributed by atoms with E-state index in [1.807, 2.05) is 0 Å². The van der Waals surface area contributed by atoms with Gasteiger partial charge in [-0.25, -0.2) is 0 Å². The van der Waals surface area contributed by atoms with Gasteiger partial charge in [0.2, 0.25) is 0 Å². The van der Waals surface area contributed by atoms with Gasteiger partial charge in [0.1, 0.15) is 0 Å². The van der Waals surface area contributed by atoms with Crippen LogP contribution in [0.1, 0.15) is 32.6 Å².